The van der Waals surface area contributed by atoms with E-state index in [0.29, 0.717) is 30.5 Å². The van der Waals surface area contributed by atoms with Crippen molar-refractivity contribution in [1.82, 2.24) is 5.32 Å². The van der Waals surface area contributed by atoms with Gasteiger partial charge in [-0.1, -0.05) is 18.2 Å². The SMILES string of the molecule is OC1(c2cccc(C(F)F)c2)CC2CCC(C1)N2. The highest BCUT2D eigenvalue weighted by Crippen LogP contribution is 2.41. The molecule has 2 fully saturated rings. The van der Waals surface area contributed by atoms with Gasteiger partial charge in [-0.3, -0.25) is 0 Å². The van der Waals surface area contributed by atoms with Crippen LogP contribution in [-0.4, -0.2) is 17.2 Å². The minimum Gasteiger partial charge on any atom is -0.385 e. The molecule has 0 aromatic heterocycles. The van der Waals surface area contributed by atoms with E-state index in [1.54, 1.807) is 12.1 Å². The third-order valence-electron chi connectivity index (χ3n) is 4.18. The van der Waals surface area contributed by atoms with Crippen molar-refractivity contribution in [2.75, 3.05) is 0 Å². The highest BCUT2D eigenvalue weighted by atomic mass is 19.3. The molecule has 2 bridgehead atoms. The predicted molar refractivity (Wildman–Crippen MR) is 64.5 cm³/mol. The molecular formula is C14H17F2NO. The maximum Gasteiger partial charge on any atom is 0.263 e. The molecular weight excluding hydrogens is 236 g/mol. The van der Waals surface area contributed by atoms with Crippen LogP contribution in [0.2, 0.25) is 0 Å². The smallest absolute Gasteiger partial charge is 0.263 e. The van der Waals surface area contributed by atoms with E-state index >= 15 is 0 Å². The topological polar surface area (TPSA) is 32.3 Å². The Morgan fingerprint density at radius 2 is 1.89 bits per heavy atom. The summed E-state index contributed by atoms with van der Waals surface area (Å²) in [6.07, 6.45) is 0.905. The first kappa shape index (κ1) is 12.1. The fraction of sp³-hybridized carbons (Fsp3) is 0.571. The molecule has 2 atom stereocenters. The van der Waals surface area contributed by atoms with Gasteiger partial charge in [-0.05, 0) is 37.3 Å². The molecule has 0 saturated carbocycles. The number of rotatable bonds is 2. The standard InChI is InChI=1S/C14H17F2NO/c15-13(16)9-2-1-3-10(6-9)14(18)7-11-4-5-12(8-14)17-11/h1-3,6,11-13,17-18H,4-5,7-8H2. The molecule has 1 aromatic rings. The number of alkyl halides is 2. The number of piperidine rings is 1. The van der Waals surface area contributed by atoms with Gasteiger partial charge in [0.2, 0.25) is 0 Å². The zero-order valence-electron chi connectivity index (χ0n) is 10.1. The van der Waals surface area contributed by atoms with Crippen LogP contribution >= 0.6 is 0 Å². The van der Waals surface area contributed by atoms with Gasteiger partial charge in [0.05, 0.1) is 5.60 Å². The van der Waals surface area contributed by atoms with Gasteiger partial charge in [0.1, 0.15) is 0 Å². The summed E-state index contributed by atoms with van der Waals surface area (Å²) >= 11 is 0. The van der Waals surface area contributed by atoms with E-state index in [4.69, 9.17) is 0 Å². The lowest BCUT2D eigenvalue weighted by Crippen LogP contribution is -2.46. The second kappa shape index (κ2) is 4.28. The molecule has 2 aliphatic heterocycles. The largest absolute Gasteiger partial charge is 0.385 e. The van der Waals surface area contributed by atoms with Gasteiger partial charge >= 0.3 is 0 Å². The molecule has 0 spiro atoms. The zero-order chi connectivity index (χ0) is 12.8. The number of fused-ring (bicyclic) bond motifs is 2. The summed E-state index contributed by atoms with van der Waals surface area (Å²) in [7, 11) is 0. The van der Waals surface area contributed by atoms with Gasteiger partial charge in [-0.2, -0.15) is 0 Å². The first-order chi connectivity index (χ1) is 8.57. The molecule has 18 heavy (non-hydrogen) atoms. The average Bonchev–Trinajstić information content (AvgIpc) is 2.69. The Hall–Kier alpha value is -1.00. The van der Waals surface area contributed by atoms with E-state index < -0.39 is 12.0 Å². The van der Waals surface area contributed by atoms with Crippen molar-refractivity contribution in [3.05, 3.63) is 35.4 Å². The minimum atomic E-state index is -2.48. The van der Waals surface area contributed by atoms with Crippen LogP contribution in [-0.2, 0) is 5.60 Å². The molecule has 2 unspecified atom stereocenters. The normalized spacial score (nSPS) is 35.1. The third kappa shape index (κ3) is 2.04. The molecule has 98 valence electrons. The number of hydrogen-bond acceptors (Lipinski definition) is 2. The molecule has 3 rings (SSSR count). The van der Waals surface area contributed by atoms with E-state index in [1.807, 2.05) is 0 Å². The number of hydrogen-bond donors (Lipinski definition) is 2. The van der Waals surface area contributed by atoms with Gasteiger partial charge in [0, 0.05) is 17.6 Å². The first-order valence-corrected chi connectivity index (χ1v) is 6.44. The van der Waals surface area contributed by atoms with E-state index in [0.717, 1.165) is 12.8 Å². The lowest BCUT2D eigenvalue weighted by Gasteiger charge is -2.37. The van der Waals surface area contributed by atoms with Crippen molar-refractivity contribution >= 4 is 0 Å². The Labute approximate surface area is 105 Å². The average molecular weight is 253 g/mol. The van der Waals surface area contributed by atoms with Crippen LogP contribution in [0.4, 0.5) is 8.78 Å². The Morgan fingerprint density at radius 3 is 2.50 bits per heavy atom. The summed E-state index contributed by atoms with van der Waals surface area (Å²) in [5.41, 5.74) is -0.312. The Bertz CT molecular complexity index is 437. The van der Waals surface area contributed by atoms with E-state index in [2.05, 4.69) is 5.32 Å². The van der Waals surface area contributed by atoms with Crippen LogP contribution in [0, 0.1) is 0 Å². The highest BCUT2D eigenvalue weighted by Gasteiger charge is 2.43. The van der Waals surface area contributed by atoms with Gasteiger partial charge in [0.25, 0.3) is 6.43 Å². The van der Waals surface area contributed by atoms with E-state index in [1.165, 1.54) is 12.1 Å². The van der Waals surface area contributed by atoms with Crippen LogP contribution in [0.1, 0.15) is 43.2 Å². The van der Waals surface area contributed by atoms with Crippen molar-refractivity contribution in [3.63, 3.8) is 0 Å². The van der Waals surface area contributed by atoms with Crippen molar-refractivity contribution in [2.45, 2.75) is 49.8 Å². The van der Waals surface area contributed by atoms with Gasteiger partial charge < -0.3 is 10.4 Å². The van der Waals surface area contributed by atoms with E-state index in [9.17, 15) is 13.9 Å². The van der Waals surface area contributed by atoms with E-state index in [-0.39, 0.29) is 5.56 Å². The highest BCUT2D eigenvalue weighted by molar-refractivity contribution is 5.30. The Kier molecular flexibility index (Phi) is 2.87. The van der Waals surface area contributed by atoms with Crippen molar-refractivity contribution in [3.8, 4) is 0 Å². The fourth-order valence-corrected chi connectivity index (χ4v) is 3.32. The molecule has 2 heterocycles. The van der Waals surface area contributed by atoms with Crippen LogP contribution in [0.5, 0.6) is 0 Å². The van der Waals surface area contributed by atoms with Crippen molar-refractivity contribution in [2.24, 2.45) is 0 Å². The van der Waals surface area contributed by atoms with Crippen LogP contribution in [0.15, 0.2) is 24.3 Å². The monoisotopic (exact) mass is 253 g/mol. The van der Waals surface area contributed by atoms with Gasteiger partial charge in [-0.15, -0.1) is 0 Å². The second-order valence-corrected chi connectivity index (χ2v) is 5.50. The molecule has 4 heteroatoms. The zero-order valence-corrected chi connectivity index (χ0v) is 10.1. The summed E-state index contributed by atoms with van der Waals surface area (Å²) in [6, 6.07) is 6.88. The third-order valence-corrected chi connectivity index (χ3v) is 4.18. The fourth-order valence-electron chi connectivity index (χ4n) is 3.32. The van der Waals surface area contributed by atoms with Gasteiger partial charge in [0.15, 0.2) is 0 Å². The maximum absolute atomic E-state index is 12.7. The number of nitrogens with one attached hydrogen (secondary N) is 1. The van der Waals surface area contributed by atoms with Crippen molar-refractivity contribution in [1.29, 1.82) is 0 Å². The molecule has 2 nitrogen and oxygen atoms in total. The van der Waals surface area contributed by atoms with Gasteiger partial charge in [-0.25, -0.2) is 8.78 Å². The molecule has 1 aromatic carbocycles. The van der Waals surface area contributed by atoms with Crippen LogP contribution < -0.4 is 5.32 Å². The molecule has 2 N–H and O–H groups in total. The quantitative estimate of drug-likeness (QED) is 0.849. The molecule has 2 saturated heterocycles. The lowest BCUT2D eigenvalue weighted by atomic mass is 9.81. The molecule has 2 aliphatic rings. The second-order valence-electron chi connectivity index (χ2n) is 5.50. The summed E-state index contributed by atoms with van der Waals surface area (Å²) in [4.78, 5) is 0. The minimum absolute atomic E-state index is 0.00759. The molecule has 0 aliphatic carbocycles. The first-order valence-electron chi connectivity index (χ1n) is 6.44. The number of halogens is 2. The Morgan fingerprint density at radius 1 is 1.22 bits per heavy atom. The Balaban J connectivity index is 1.91. The molecule has 0 amide bonds. The number of aliphatic hydroxyl groups is 1. The van der Waals surface area contributed by atoms with Crippen molar-refractivity contribution < 1.29 is 13.9 Å². The lowest BCUT2D eigenvalue weighted by molar-refractivity contribution is -0.0116. The maximum atomic E-state index is 12.7. The summed E-state index contributed by atoms with van der Waals surface area (Å²) in [6.45, 7) is 0. The summed E-state index contributed by atoms with van der Waals surface area (Å²) in [5, 5.41) is 14.2. The molecule has 0 radical (unpaired) electrons. The summed E-state index contributed by atoms with van der Waals surface area (Å²) in [5.74, 6) is 0. The van der Waals surface area contributed by atoms with Crippen LogP contribution in [0.3, 0.4) is 0 Å². The predicted octanol–water partition coefficient (Wildman–Crippen LogP) is 2.73. The van der Waals surface area contributed by atoms with Crippen LogP contribution in [0.25, 0.3) is 0 Å². The number of benzene rings is 1. The summed E-state index contributed by atoms with van der Waals surface area (Å²) < 4.78 is 25.4.